The molecule has 130 valence electrons. The Morgan fingerprint density at radius 2 is 2.04 bits per heavy atom. The summed E-state index contributed by atoms with van der Waals surface area (Å²) < 4.78 is 5.47. The molecule has 5 nitrogen and oxygen atoms in total. The van der Waals surface area contributed by atoms with E-state index >= 15 is 0 Å². The molecule has 24 heavy (non-hydrogen) atoms. The fourth-order valence-electron chi connectivity index (χ4n) is 4.38. The van der Waals surface area contributed by atoms with Gasteiger partial charge in [0.25, 0.3) is 0 Å². The van der Waals surface area contributed by atoms with Gasteiger partial charge in [-0.05, 0) is 50.3 Å². The minimum atomic E-state index is -0.244. The molecule has 5 heteroatoms. The van der Waals surface area contributed by atoms with Crippen LogP contribution in [0.15, 0.2) is 18.2 Å². The van der Waals surface area contributed by atoms with Crippen molar-refractivity contribution in [2.24, 2.45) is 11.7 Å². The van der Waals surface area contributed by atoms with Crippen molar-refractivity contribution in [1.29, 1.82) is 0 Å². The number of Topliss-reactive ketones (excluding diaryl/α,β-unsaturated/α-hetero) is 1. The van der Waals surface area contributed by atoms with Crippen molar-refractivity contribution in [2.45, 2.75) is 57.7 Å². The normalized spacial score (nSPS) is 26.8. The van der Waals surface area contributed by atoms with Crippen LogP contribution in [-0.4, -0.2) is 35.8 Å². The van der Waals surface area contributed by atoms with Gasteiger partial charge in [-0.1, -0.05) is 12.8 Å². The third-order valence-corrected chi connectivity index (χ3v) is 5.59. The van der Waals surface area contributed by atoms with Crippen LogP contribution in [0.4, 0.5) is 0 Å². The van der Waals surface area contributed by atoms with Gasteiger partial charge in [0.05, 0.1) is 13.2 Å². The van der Waals surface area contributed by atoms with Gasteiger partial charge in [-0.3, -0.25) is 14.5 Å². The van der Waals surface area contributed by atoms with Gasteiger partial charge in [-0.15, -0.1) is 0 Å². The van der Waals surface area contributed by atoms with Crippen LogP contribution < -0.4 is 10.5 Å². The van der Waals surface area contributed by atoms with Gasteiger partial charge >= 0.3 is 0 Å². The summed E-state index contributed by atoms with van der Waals surface area (Å²) in [5.41, 5.74) is 7.29. The highest BCUT2D eigenvalue weighted by molar-refractivity contribution is 5.94. The van der Waals surface area contributed by atoms with Crippen LogP contribution >= 0.6 is 0 Å². The summed E-state index contributed by atoms with van der Waals surface area (Å²) in [6.07, 6.45) is 5.59. The molecule has 3 rings (SSSR count). The Balaban J connectivity index is 1.91. The Labute approximate surface area is 143 Å². The number of carbonyl (C=O) groups is 2. The molecule has 1 amide bonds. The molecule has 0 radical (unpaired) electrons. The number of hydrogen-bond acceptors (Lipinski definition) is 4. The van der Waals surface area contributed by atoms with E-state index in [2.05, 4.69) is 4.90 Å². The van der Waals surface area contributed by atoms with Crippen LogP contribution in [0.3, 0.4) is 0 Å². The number of primary amides is 1. The Kier molecular flexibility index (Phi) is 4.90. The summed E-state index contributed by atoms with van der Waals surface area (Å²) in [6, 6.07) is 5.68. The molecular weight excluding hydrogens is 304 g/mol. The van der Waals surface area contributed by atoms with Crippen molar-refractivity contribution in [3.8, 4) is 5.75 Å². The van der Waals surface area contributed by atoms with Crippen molar-refractivity contribution in [3.05, 3.63) is 29.3 Å². The molecule has 0 bridgehead atoms. The molecule has 2 fully saturated rings. The number of amides is 1. The third kappa shape index (κ3) is 3.18. The highest BCUT2D eigenvalue weighted by atomic mass is 16.5. The minimum absolute atomic E-state index is 0.0299. The predicted octanol–water partition coefficient (Wildman–Crippen LogP) is 2.52. The van der Waals surface area contributed by atoms with Gasteiger partial charge in [0.1, 0.15) is 5.75 Å². The molecule has 1 saturated heterocycles. The summed E-state index contributed by atoms with van der Waals surface area (Å²) >= 11 is 0. The van der Waals surface area contributed by atoms with Gasteiger partial charge in [0.2, 0.25) is 5.91 Å². The van der Waals surface area contributed by atoms with Gasteiger partial charge in [-0.2, -0.15) is 0 Å². The number of rotatable bonds is 5. The summed E-state index contributed by atoms with van der Waals surface area (Å²) in [4.78, 5) is 25.9. The first kappa shape index (κ1) is 17.0. The molecule has 1 heterocycles. The Morgan fingerprint density at radius 1 is 1.29 bits per heavy atom. The van der Waals surface area contributed by atoms with Gasteiger partial charge < -0.3 is 10.5 Å². The van der Waals surface area contributed by atoms with Crippen molar-refractivity contribution in [3.63, 3.8) is 0 Å². The van der Waals surface area contributed by atoms with Crippen LogP contribution in [0.5, 0.6) is 5.75 Å². The third-order valence-electron chi connectivity index (χ3n) is 5.59. The van der Waals surface area contributed by atoms with E-state index in [1.165, 1.54) is 19.3 Å². The second-order valence-electron chi connectivity index (χ2n) is 7.02. The number of fused-ring (bicyclic) bond motifs is 1. The van der Waals surface area contributed by atoms with E-state index in [1.807, 2.05) is 12.1 Å². The first-order valence-electron chi connectivity index (χ1n) is 8.74. The number of benzene rings is 1. The maximum absolute atomic E-state index is 12.0. The molecule has 0 aromatic heterocycles. The smallest absolute Gasteiger partial charge is 0.234 e. The Hall–Kier alpha value is -1.88. The molecule has 2 N–H and O–H groups in total. The number of nitrogens with two attached hydrogens (primary N) is 1. The molecule has 0 spiro atoms. The van der Waals surface area contributed by atoms with Gasteiger partial charge in [0.15, 0.2) is 5.78 Å². The van der Waals surface area contributed by atoms with E-state index < -0.39 is 0 Å². The van der Waals surface area contributed by atoms with E-state index in [9.17, 15) is 9.59 Å². The lowest BCUT2D eigenvalue weighted by atomic mass is 9.84. The number of nitrogens with zero attached hydrogens (tertiary/aromatic N) is 1. The second-order valence-corrected chi connectivity index (χ2v) is 7.02. The lowest BCUT2D eigenvalue weighted by Gasteiger charge is -2.33. The zero-order chi connectivity index (χ0) is 17.3. The standard InChI is InChI=1S/C19H26N2O3/c1-12(22)13-7-8-18(24-2)15(9-13)11-21-16-6-4-3-5-14(16)10-17(21)19(20)23/h7-9,14,16-17H,3-6,10-11H2,1-2H3,(H2,20,23)/t14-,16+,17+/m1/s1. The van der Waals surface area contributed by atoms with Crippen molar-refractivity contribution in [1.82, 2.24) is 4.90 Å². The first-order chi connectivity index (χ1) is 11.5. The van der Waals surface area contributed by atoms with E-state index in [-0.39, 0.29) is 17.7 Å². The van der Waals surface area contributed by atoms with Crippen LogP contribution in [0, 0.1) is 5.92 Å². The lowest BCUT2D eigenvalue weighted by Crippen LogP contribution is -2.44. The average Bonchev–Trinajstić information content (AvgIpc) is 2.94. The zero-order valence-electron chi connectivity index (χ0n) is 14.5. The summed E-state index contributed by atoms with van der Waals surface area (Å²) in [5, 5.41) is 0. The SMILES string of the molecule is COc1ccc(C(C)=O)cc1CN1[C@H](C(N)=O)C[C@H]2CCCC[C@@H]21. The van der Waals surface area contributed by atoms with E-state index in [4.69, 9.17) is 10.5 Å². The number of ether oxygens (including phenoxy) is 1. The average molecular weight is 330 g/mol. The minimum Gasteiger partial charge on any atom is -0.496 e. The molecule has 1 aromatic carbocycles. The van der Waals surface area contributed by atoms with Crippen LogP contribution in [0.1, 0.15) is 54.9 Å². The zero-order valence-corrected chi connectivity index (χ0v) is 14.5. The summed E-state index contributed by atoms with van der Waals surface area (Å²) in [5.74, 6) is 1.09. The lowest BCUT2D eigenvalue weighted by molar-refractivity contribution is -0.123. The molecule has 1 aromatic rings. The highest BCUT2D eigenvalue weighted by Gasteiger charge is 2.44. The highest BCUT2D eigenvalue weighted by Crippen LogP contribution is 2.41. The molecule has 0 unspecified atom stereocenters. The predicted molar refractivity (Wildman–Crippen MR) is 91.9 cm³/mol. The van der Waals surface area contributed by atoms with Crippen LogP contribution in [0.25, 0.3) is 0 Å². The van der Waals surface area contributed by atoms with Crippen LogP contribution in [0.2, 0.25) is 0 Å². The molecule has 3 atom stereocenters. The molecule has 1 aliphatic heterocycles. The first-order valence-corrected chi connectivity index (χ1v) is 8.74. The van der Waals surface area contributed by atoms with Crippen molar-refractivity contribution < 1.29 is 14.3 Å². The molecule has 2 aliphatic rings. The molecule has 1 aliphatic carbocycles. The molecule has 1 saturated carbocycles. The van der Waals surface area contributed by atoms with Gasteiger partial charge in [-0.25, -0.2) is 0 Å². The topological polar surface area (TPSA) is 72.6 Å². The second kappa shape index (κ2) is 6.93. The maximum Gasteiger partial charge on any atom is 0.234 e. The monoisotopic (exact) mass is 330 g/mol. The summed E-state index contributed by atoms with van der Waals surface area (Å²) in [6.45, 7) is 2.16. The van der Waals surface area contributed by atoms with Crippen molar-refractivity contribution >= 4 is 11.7 Å². The number of methoxy groups -OCH3 is 1. The number of likely N-dealkylation sites (tertiary alicyclic amines) is 1. The quantitative estimate of drug-likeness (QED) is 0.842. The van der Waals surface area contributed by atoms with Crippen molar-refractivity contribution in [2.75, 3.05) is 7.11 Å². The Morgan fingerprint density at radius 3 is 2.71 bits per heavy atom. The maximum atomic E-state index is 12.0. The molecular formula is C19H26N2O3. The number of carbonyl (C=O) groups excluding carboxylic acids is 2. The Bertz CT molecular complexity index is 643. The summed E-state index contributed by atoms with van der Waals surface area (Å²) in [7, 11) is 1.63. The van der Waals surface area contributed by atoms with Gasteiger partial charge in [0, 0.05) is 23.7 Å². The van der Waals surface area contributed by atoms with E-state index in [0.717, 1.165) is 24.2 Å². The number of ketones is 1. The number of hydrogen-bond donors (Lipinski definition) is 1. The fourth-order valence-corrected chi connectivity index (χ4v) is 4.38. The van der Waals surface area contributed by atoms with E-state index in [0.29, 0.717) is 24.1 Å². The van der Waals surface area contributed by atoms with E-state index in [1.54, 1.807) is 20.1 Å². The van der Waals surface area contributed by atoms with Crippen LogP contribution in [-0.2, 0) is 11.3 Å². The fraction of sp³-hybridized carbons (Fsp3) is 0.579. The largest absolute Gasteiger partial charge is 0.496 e.